The van der Waals surface area contributed by atoms with Gasteiger partial charge in [0.25, 0.3) is 5.56 Å². The molecule has 1 atom stereocenters. The molecule has 2 heterocycles. The van der Waals surface area contributed by atoms with E-state index in [9.17, 15) is 14.4 Å². The Hall–Kier alpha value is -3.99. The summed E-state index contributed by atoms with van der Waals surface area (Å²) in [6.45, 7) is 3.25. The maximum atomic E-state index is 12.9. The van der Waals surface area contributed by atoms with E-state index in [-0.39, 0.29) is 11.9 Å². The second-order valence-corrected chi connectivity index (χ2v) is 8.70. The molecule has 4 rings (SSSR count). The summed E-state index contributed by atoms with van der Waals surface area (Å²) >= 11 is 1.36. The number of carbonyl (C=O) groups excluding carboxylic acids is 2. The normalized spacial score (nSPS) is 11.9. The number of amides is 2. The average Bonchev–Trinajstić information content (AvgIpc) is 3.21. The van der Waals surface area contributed by atoms with E-state index >= 15 is 0 Å². The largest absolute Gasteiger partial charge is 0.493 e. The first kappa shape index (κ1) is 23.2. The van der Waals surface area contributed by atoms with Gasteiger partial charge in [-0.15, -0.1) is 0 Å². The van der Waals surface area contributed by atoms with Gasteiger partial charge in [-0.25, -0.2) is 9.97 Å². The number of hydrogen-bond acceptors (Lipinski definition) is 8. The van der Waals surface area contributed by atoms with Gasteiger partial charge in [0.2, 0.25) is 11.8 Å². The predicted molar refractivity (Wildman–Crippen MR) is 130 cm³/mol. The van der Waals surface area contributed by atoms with Crippen LogP contribution in [0.5, 0.6) is 11.5 Å². The molecule has 0 aliphatic heterocycles. The monoisotopic (exact) mass is 481 g/mol. The van der Waals surface area contributed by atoms with Gasteiger partial charge >= 0.3 is 0 Å². The SMILES string of the molecule is COc1cc2ncn(CC(=O)N[C@@H](C)C(=O)Nc3nc4ccc(C)cc4s3)c(=O)c2cc1OC. The van der Waals surface area contributed by atoms with Crippen molar-refractivity contribution in [3.63, 3.8) is 0 Å². The molecule has 0 saturated carbocycles. The molecule has 0 radical (unpaired) electrons. The lowest BCUT2D eigenvalue weighted by molar-refractivity contribution is -0.126. The zero-order chi connectivity index (χ0) is 24.4. The highest BCUT2D eigenvalue weighted by Crippen LogP contribution is 2.30. The number of rotatable bonds is 7. The third kappa shape index (κ3) is 4.69. The Morgan fingerprint density at radius 2 is 1.85 bits per heavy atom. The molecular weight excluding hydrogens is 458 g/mol. The fourth-order valence-electron chi connectivity index (χ4n) is 3.40. The lowest BCUT2D eigenvalue weighted by Gasteiger charge is -2.14. The number of nitrogens with one attached hydrogen (secondary N) is 2. The number of carbonyl (C=O) groups is 2. The van der Waals surface area contributed by atoms with Gasteiger partial charge in [-0.1, -0.05) is 17.4 Å². The Balaban J connectivity index is 1.44. The molecule has 0 saturated heterocycles. The van der Waals surface area contributed by atoms with Crippen LogP contribution in [0.3, 0.4) is 0 Å². The van der Waals surface area contributed by atoms with Crippen LogP contribution in [0.25, 0.3) is 21.1 Å². The number of thiazole rings is 1. The maximum absolute atomic E-state index is 12.9. The molecular formula is C23H23N5O5S. The summed E-state index contributed by atoms with van der Waals surface area (Å²) < 4.78 is 12.6. The predicted octanol–water partition coefficient (Wildman–Crippen LogP) is 2.48. The van der Waals surface area contributed by atoms with Gasteiger partial charge in [-0.3, -0.25) is 19.0 Å². The van der Waals surface area contributed by atoms with E-state index in [0.29, 0.717) is 22.1 Å². The van der Waals surface area contributed by atoms with Crippen molar-refractivity contribution in [3.05, 3.63) is 52.6 Å². The highest BCUT2D eigenvalue weighted by atomic mass is 32.1. The Kier molecular flexibility index (Phi) is 6.46. The third-order valence-electron chi connectivity index (χ3n) is 5.19. The summed E-state index contributed by atoms with van der Waals surface area (Å²) in [5.41, 5.74) is 1.90. The zero-order valence-electron chi connectivity index (χ0n) is 19.0. The number of methoxy groups -OCH3 is 2. The van der Waals surface area contributed by atoms with Gasteiger partial charge in [0.15, 0.2) is 16.6 Å². The quantitative estimate of drug-likeness (QED) is 0.415. The number of anilines is 1. The van der Waals surface area contributed by atoms with Crippen molar-refractivity contribution in [2.24, 2.45) is 0 Å². The number of ether oxygens (including phenoxy) is 2. The first-order valence-corrected chi connectivity index (χ1v) is 11.2. The first-order valence-electron chi connectivity index (χ1n) is 10.4. The smallest absolute Gasteiger partial charge is 0.261 e. The molecule has 2 aromatic carbocycles. The maximum Gasteiger partial charge on any atom is 0.261 e. The summed E-state index contributed by atoms with van der Waals surface area (Å²) in [7, 11) is 2.96. The fourth-order valence-corrected chi connectivity index (χ4v) is 4.37. The lowest BCUT2D eigenvalue weighted by atomic mass is 10.2. The Bertz CT molecular complexity index is 1460. The van der Waals surface area contributed by atoms with Crippen LogP contribution < -0.4 is 25.7 Å². The minimum atomic E-state index is -0.838. The van der Waals surface area contributed by atoms with Crippen LogP contribution >= 0.6 is 11.3 Å². The van der Waals surface area contributed by atoms with Crippen LogP contribution in [-0.2, 0) is 16.1 Å². The molecule has 176 valence electrons. The van der Waals surface area contributed by atoms with Crippen LogP contribution in [0.1, 0.15) is 12.5 Å². The van der Waals surface area contributed by atoms with Crippen molar-refractivity contribution in [3.8, 4) is 11.5 Å². The summed E-state index contributed by atoms with van der Waals surface area (Å²) in [6, 6.07) is 8.11. The van der Waals surface area contributed by atoms with Gasteiger partial charge in [-0.2, -0.15) is 0 Å². The molecule has 10 nitrogen and oxygen atoms in total. The summed E-state index contributed by atoms with van der Waals surface area (Å²) in [5.74, 6) is -0.0943. The molecule has 0 unspecified atom stereocenters. The zero-order valence-corrected chi connectivity index (χ0v) is 19.9. The fraction of sp³-hybridized carbons (Fsp3) is 0.261. The van der Waals surface area contributed by atoms with Crippen molar-refractivity contribution in [2.75, 3.05) is 19.5 Å². The van der Waals surface area contributed by atoms with E-state index in [0.717, 1.165) is 15.8 Å². The van der Waals surface area contributed by atoms with Crippen molar-refractivity contribution in [1.29, 1.82) is 0 Å². The van der Waals surface area contributed by atoms with Crippen LogP contribution in [0.15, 0.2) is 41.5 Å². The minimum absolute atomic E-state index is 0.282. The second-order valence-electron chi connectivity index (χ2n) is 7.67. The highest BCUT2D eigenvalue weighted by molar-refractivity contribution is 7.22. The average molecular weight is 482 g/mol. The topological polar surface area (TPSA) is 124 Å². The van der Waals surface area contributed by atoms with Crippen molar-refractivity contribution < 1.29 is 19.1 Å². The van der Waals surface area contributed by atoms with E-state index in [4.69, 9.17) is 9.47 Å². The Morgan fingerprint density at radius 3 is 2.59 bits per heavy atom. The molecule has 2 N–H and O–H groups in total. The second kappa shape index (κ2) is 9.48. The molecule has 2 amide bonds. The lowest BCUT2D eigenvalue weighted by Crippen LogP contribution is -2.43. The van der Waals surface area contributed by atoms with Gasteiger partial charge < -0.3 is 20.1 Å². The van der Waals surface area contributed by atoms with Crippen LogP contribution in [-0.4, -0.2) is 46.6 Å². The summed E-state index contributed by atoms with van der Waals surface area (Å²) in [6.07, 6.45) is 1.28. The standard InChI is InChI=1S/C23H23N5O5S/c1-12-5-6-15-19(7-12)34-23(26-15)27-21(30)13(2)25-20(29)10-28-11-24-16-9-18(33-4)17(32-3)8-14(16)22(28)31/h5-9,11,13H,10H2,1-4H3,(H,25,29)(H,26,27,30)/t13-/m0/s1. The van der Waals surface area contributed by atoms with E-state index in [1.165, 1.54) is 42.5 Å². The summed E-state index contributed by atoms with van der Waals surface area (Å²) in [4.78, 5) is 46.6. The van der Waals surface area contributed by atoms with E-state index in [1.807, 2.05) is 25.1 Å². The molecule has 34 heavy (non-hydrogen) atoms. The molecule has 0 fully saturated rings. The highest BCUT2D eigenvalue weighted by Gasteiger charge is 2.19. The molecule has 0 aliphatic rings. The van der Waals surface area contributed by atoms with E-state index < -0.39 is 23.4 Å². The number of aryl methyl sites for hydroxylation is 1. The molecule has 0 aliphatic carbocycles. The molecule has 4 aromatic rings. The number of benzene rings is 2. The van der Waals surface area contributed by atoms with Gasteiger partial charge in [0.1, 0.15) is 12.6 Å². The molecule has 0 bridgehead atoms. The molecule has 11 heteroatoms. The van der Waals surface area contributed by atoms with E-state index in [2.05, 4.69) is 20.6 Å². The molecule has 0 spiro atoms. The van der Waals surface area contributed by atoms with Crippen molar-refractivity contribution in [1.82, 2.24) is 19.9 Å². The Morgan fingerprint density at radius 1 is 1.12 bits per heavy atom. The van der Waals surface area contributed by atoms with Gasteiger partial charge in [0, 0.05) is 6.07 Å². The van der Waals surface area contributed by atoms with Crippen LogP contribution in [0.4, 0.5) is 5.13 Å². The number of aromatic nitrogens is 3. The van der Waals surface area contributed by atoms with Crippen molar-refractivity contribution >= 4 is 49.4 Å². The number of nitrogens with zero attached hydrogens (tertiary/aromatic N) is 3. The van der Waals surface area contributed by atoms with Crippen LogP contribution in [0.2, 0.25) is 0 Å². The van der Waals surface area contributed by atoms with Crippen LogP contribution in [0, 0.1) is 6.92 Å². The third-order valence-corrected chi connectivity index (χ3v) is 6.12. The van der Waals surface area contributed by atoms with Crippen molar-refractivity contribution in [2.45, 2.75) is 26.4 Å². The van der Waals surface area contributed by atoms with Gasteiger partial charge in [-0.05, 0) is 37.6 Å². The first-order chi connectivity index (χ1) is 16.3. The van der Waals surface area contributed by atoms with Gasteiger partial charge in [0.05, 0.1) is 41.7 Å². The summed E-state index contributed by atoms with van der Waals surface area (Å²) in [5, 5.41) is 6.06. The molecule has 2 aromatic heterocycles. The Labute approximate surface area is 198 Å². The number of fused-ring (bicyclic) bond motifs is 2. The van der Waals surface area contributed by atoms with E-state index in [1.54, 1.807) is 13.0 Å². The number of hydrogen-bond donors (Lipinski definition) is 2. The minimum Gasteiger partial charge on any atom is -0.493 e.